The molecule has 1 aromatic heterocycles. The van der Waals surface area contributed by atoms with Crippen LogP contribution >= 0.6 is 11.3 Å². The minimum atomic E-state index is -3.55. The van der Waals surface area contributed by atoms with E-state index in [1.807, 2.05) is 0 Å². The van der Waals surface area contributed by atoms with Crippen LogP contribution < -0.4 is 0 Å². The molecule has 2 aromatic rings. The third-order valence-electron chi connectivity index (χ3n) is 3.18. The lowest BCUT2D eigenvalue weighted by Gasteiger charge is -2.08. The van der Waals surface area contributed by atoms with E-state index in [-0.39, 0.29) is 34.4 Å². The van der Waals surface area contributed by atoms with Crippen LogP contribution in [0.5, 0.6) is 0 Å². The highest BCUT2D eigenvalue weighted by molar-refractivity contribution is 7.91. The van der Waals surface area contributed by atoms with Gasteiger partial charge in [-0.1, -0.05) is 19.1 Å². The van der Waals surface area contributed by atoms with E-state index in [2.05, 4.69) is 4.98 Å². The molecule has 0 fully saturated rings. The average Bonchev–Trinajstić information content (AvgIpc) is 3.09. The van der Waals surface area contributed by atoms with Gasteiger partial charge in [-0.3, -0.25) is 0 Å². The van der Waals surface area contributed by atoms with Gasteiger partial charge in [-0.25, -0.2) is 23.0 Å². The van der Waals surface area contributed by atoms with Gasteiger partial charge in [0.1, 0.15) is 6.61 Å². The first-order valence-electron chi connectivity index (χ1n) is 7.49. The highest BCUT2D eigenvalue weighted by atomic mass is 32.2. The van der Waals surface area contributed by atoms with Crippen LogP contribution in [0, 0.1) is 0 Å². The van der Waals surface area contributed by atoms with Crippen molar-refractivity contribution < 1.29 is 27.5 Å². The second-order valence-electron chi connectivity index (χ2n) is 4.84. The lowest BCUT2D eigenvalue weighted by molar-refractivity contribution is 0.0463. The van der Waals surface area contributed by atoms with E-state index in [4.69, 9.17) is 9.47 Å². The lowest BCUT2D eigenvalue weighted by Crippen LogP contribution is -2.13. The molecular formula is C16H17NO6S2. The third-order valence-corrected chi connectivity index (χ3v) is 5.83. The van der Waals surface area contributed by atoms with Crippen LogP contribution in [-0.4, -0.2) is 37.7 Å². The molecule has 0 saturated carbocycles. The minimum Gasteiger partial charge on any atom is -0.461 e. The van der Waals surface area contributed by atoms with Gasteiger partial charge in [0.05, 0.1) is 28.5 Å². The molecule has 0 aliphatic heterocycles. The Bertz CT molecular complexity index is 872. The molecule has 1 heterocycles. The van der Waals surface area contributed by atoms with E-state index in [1.54, 1.807) is 24.4 Å². The SMILES string of the molecule is CCOC(=O)c1nc(COC(=O)c2ccccc2S(=O)(=O)CC)cs1. The molecule has 2 rings (SSSR count). The number of thiazole rings is 1. The van der Waals surface area contributed by atoms with E-state index in [0.29, 0.717) is 5.69 Å². The van der Waals surface area contributed by atoms with Crippen molar-refractivity contribution in [2.45, 2.75) is 25.3 Å². The van der Waals surface area contributed by atoms with E-state index < -0.39 is 21.8 Å². The Morgan fingerprint density at radius 3 is 2.52 bits per heavy atom. The van der Waals surface area contributed by atoms with Gasteiger partial charge >= 0.3 is 11.9 Å². The van der Waals surface area contributed by atoms with Crippen LogP contribution in [0.4, 0.5) is 0 Å². The number of carbonyl (C=O) groups excluding carboxylic acids is 2. The van der Waals surface area contributed by atoms with E-state index in [9.17, 15) is 18.0 Å². The molecule has 1 aromatic carbocycles. The Balaban J connectivity index is 2.11. The van der Waals surface area contributed by atoms with Gasteiger partial charge in [0, 0.05) is 5.38 Å². The zero-order valence-electron chi connectivity index (χ0n) is 13.7. The summed E-state index contributed by atoms with van der Waals surface area (Å²) in [4.78, 5) is 27.8. The summed E-state index contributed by atoms with van der Waals surface area (Å²) in [5, 5.41) is 1.75. The first-order valence-corrected chi connectivity index (χ1v) is 10.0. The summed E-state index contributed by atoms with van der Waals surface area (Å²) in [7, 11) is -3.55. The van der Waals surface area contributed by atoms with Crippen molar-refractivity contribution in [2.75, 3.05) is 12.4 Å². The first kappa shape index (κ1) is 19.1. The number of benzene rings is 1. The summed E-state index contributed by atoms with van der Waals surface area (Å²) in [5.74, 6) is -1.42. The number of hydrogen-bond donors (Lipinski definition) is 0. The van der Waals surface area contributed by atoms with Gasteiger partial charge in [0.15, 0.2) is 9.84 Å². The Morgan fingerprint density at radius 1 is 1.12 bits per heavy atom. The smallest absolute Gasteiger partial charge is 0.367 e. The van der Waals surface area contributed by atoms with Crippen LogP contribution in [0.3, 0.4) is 0 Å². The molecule has 0 atom stereocenters. The fraction of sp³-hybridized carbons (Fsp3) is 0.312. The molecule has 0 aliphatic carbocycles. The van der Waals surface area contributed by atoms with E-state index in [1.165, 1.54) is 19.1 Å². The molecular weight excluding hydrogens is 366 g/mol. The number of hydrogen-bond acceptors (Lipinski definition) is 8. The van der Waals surface area contributed by atoms with Crippen molar-refractivity contribution in [2.24, 2.45) is 0 Å². The monoisotopic (exact) mass is 383 g/mol. The third kappa shape index (κ3) is 4.64. The fourth-order valence-electron chi connectivity index (χ4n) is 1.94. The zero-order chi connectivity index (χ0) is 18.4. The molecule has 0 saturated heterocycles. The Kier molecular flexibility index (Phi) is 6.27. The summed E-state index contributed by atoms with van der Waals surface area (Å²) in [6, 6.07) is 5.88. The predicted octanol–water partition coefficient (Wildman–Crippen LogP) is 2.47. The quantitative estimate of drug-likeness (QED) is 0.677. The highest BCUT2D eigenvalue weighted by Gasteiger charge is 2.22. The second-order valence-corrected chi connectivity index (χ2v) is 7.94. The standard InChI is InChI=1S/C16H17NO6S2/c1-3-22-16(19)14-17-11(10-24-14)9-23-15(18)12-7-5-6-8-13(12)25(20,21)4-2/h5-8,10H,3-4,9H2,1-2H3. The number of rotatable bonds is 7. The highest BCUT2D eigenvalue weighted by Crippen LogP contribution is 2.19. The number of nitrogens with zero attached hydrogens (tertiary/aromatic N) is 1. The largest absolute Gasteiger partial charge is 0.461 e. The maximum absolute atomic E-state index is 12.2. The van der Waals surface area contributed by atoms with Crippen LogP contribution in [0.25, 0.3) is 0 Å². The summed E-state index contributed by atoms with van der Waals surface area (Å²) in [6.07, 6.45) is 0. The molecule has 0 radical (unpaired) electrons. The zero-order valence-corrected chi connectivity index (χ0v) is 15.4. The molecule has 25 heavy (non-hydrogen) atoms. The fourth-order valence-corrected chi connectivity index (χ4v) is 3.72. The maximum Gasteiger partial charge on any atom is 0.367 e. The molecule has 9 heteroatoms. The number of aromatic nitrogens is 1. The lowest BCUT2D eigenvalue weighted by atomic mass is 10.2. The molecule has 0 aliphatic rings. The molecule has 0 unspecified atom stereocenters. The molecule has 0 N–H and O–H groups in total. The normalized spacial score (nSPS) is 11.1. The first-order chi connectivity index (χ1) is 11.9. The molecule has 0 amide bonds. The van der Waals surface area contributed by atoms with E-state index in [0.717, 1.165) is 11.3 Å². The van der Waals surface area contributed by atoms with Crippen LogP contribution in [-0.2, 0) is 25.9 Å². The van der Waals surface area contributed by atoms with Crippen molar-refractivity contribution in [3.8, 4) is 0 Å². The molecule has 0 bridgehead atoms. The number of esters is 2. The van der Waals surface area contributed by atoms with Crippen molar-refractivity contribution in [3.63, 3.8) is 0 Å². The van der Waals surface area contributed by atoms with Crippen LogP contribution in [0.15, 0.2) is 34.5 Å². The van der Waals surface area contributed by atoms with Crippen molar-refractivity contribution >= 4 is 33.1 Å². The van der Waals surface area contributed by atoms with Crippen LogP contribution in [0.1, 0.15) is 39.7 Å². The number of sulfone groups is 1. The van der Waals surface area contributed by atoms with Gasteiger partial charge in [-0.15, -0.1) is 11.3 Å². The summed E-state index contributed by atoms with van der Waals surface area (Å²) in [5.41, 5.74) is 0.363. The van der Waals surface area contributed by atoms with Gasteiger partial charge in [0.25, 0.3) is 0 Å². The second kappa shape index (κ2) is 8.21. The minimum absolute atomic E-state index is 0.0230. The summed E-state index contributed by atoms with van der Waals surface area (Å²) < 4.78 is 34.1. The topological polar surface area (TPSA) is 99.6 Å². The number of ether oxygens (including phenoxy) is 2. The number of carbonyl (C=O) groups is 2. The van der Waals surface area contributed by atoms with Crippen molar-refractivity contribution in [1.82, 2.24) is 4.98 Å². The predicted molar refractivity (Wildman–Crippen MR) is 91.4 cm³/mol. The van der Waals surface area contributed by atoms with Crippen molar-refractivity contribution in [1.29, 1.82) is 0 Å². The summed E-state index contributed by atoms with van der Waals surface area (Å²) >= 11 is 1.08. The van der Waals surface area contributed by atoms with Gasteiger partial charge in [-0.05, 0) is 19.1 Å². The maximum atomic E-state index is 12.2. The van der Waals surface area contributed by atoms with E-state index >= 15 is 0 Å². The molecule has 7 nitrogen and oxygen atoms in total. The average molecular weight is 383 g/mol. The molecule has 0 spiro atoms. The van der Waals surface area contributed by atoms with Gasteiger partial charge in [0.2, 0.25) is 5.01 Å². The molecule has 134 valence electrons. The Labute approximate surface area is 149 Å². The summed E-state index contributed by atoms with van der Waals surface area (Å²) in [6.45, 7) is 3.26. The van der Waals surface area contributed by atoms with Crippen molar-refractivity contribution in [3.05, 3.63) is 45.9 Å². The van der Waals surface area contributed by atoms with Gasteiger partial charge in [-0.2, -0.15) is 0 Å². The Morgan fingerprint density at radius 2 is 1.84 bits per heavy atom. The Hall–Kier alpha value is -2.26. The van der Waals surface area contributed by atoms with Crippen LogP contribution in [0.2, 0.25) is 0 Å². The van der Waals surface area contributed by atoms with Gasteiger partial charge < -0.3 is 9.47 Å².